The minimum absolute atomic E-state index is 0.0155. The number of rotatable bonds is 4. The van der Waals surface area contributed by atoms with Crippen molar-refractivity contribution in [2.24, 2.45) is 0 Å². The number of alkyl halides is 3. The molecule has 0 aliphatic carbocycles. The van der Waals surface area contributed by atoms with Gasteiger partial charge in [0.05, 0.1) is 10.6 Å². The second kappa shape index (κ2) is 10.7. The summed E-state index contributed by atoms with van der Waals surface area (Å²) in [5.74, 6) is 1.83. The molecule has 3 aliphatic rings. The van der Waals surface area contributed by atoms with E-state index in [2.05, 4.69) is 11.0 Å². The fourth-order valence-electron chi connectivity index (χ4n) is 5.73. The van der Waals surface area contributed by atoms with Crippen LogP contribution in [0.3, 0.4) is 0 Å². The van der Waals surface area contributed by atoms with Crippen molar-refractivity contribution in [3.63, 3.8) is 0 Å². The number of ether oxygens (including phenoxy) is 2. The molecule has 6 rings (SSSR count). The first-order valence-electron chi connectivity index (χ1n) is 13.4. The Morgan fingerprint density at radius 2 is 1.62 bits per heavy atom. The minimum Gasteiger partial charge on any atom is -0.486 e. The molecule has 1 amide bonds. The van der Waals surface area contributed by atoms with Gasteiger partial charge < -0.3 is 19.3 Å². The van der Waals surface area contributed by atoms with Crippen LogP contribution in [0.15, 0.2) is 47.8 Å². The normalized spacial score (nSPS) is 18.8. The predicted molar refractivity (Wildman–Crippen MR) is 143 cm³/mol. The van der Waals surface area contributed by atoms with E-state index < -0.39 is 11.7 Å². The van der Waals surface area contributed by atoms with E-state index in [9.17, 15) is 18.0 Å². The van der Waals surface area contributed by atoms with Crippen molar-refractivity contribution < 1.29 is 27.4 Å². The average molecular weight is 558 g/mol. The summed E-state index contributed by atoms with van der Waals surface area (Å²) >= 11 is 1.55. The monoisotopic (exact) mass is 557 g/mol. The van der Waals surface area contributed by atoms with Crippen molar-refractivity contribution >= 4 is 22.9 Å². The molecule has 6 nitrogen and oxygen atoms in total. The maximum absolute atomic E-state index is 13.2. The highest BCUT2D eigenvalue weighted by molar-refractivity contribution is 7.09. The van der Waals surface area contributed by atoms with Crippen LogP contribution in [0.25, 0.3) is 0 Å². The van der Waals surface area contributed by atoms with Gasteiger partial charge in [-0.1, -0.05) is 18.2 Å². The van der Waals surface area contributed by atoms with Crippen molar-refractivity contribution in [3.05, 3.63) is 69.7 Å². The van der Waals surface area contributed by atoms with Crippen LogP contribution in [-0.4, -0.2) is 55.2 Å². The zero-order chi connectivity index (χ0) is 27.0. The standard InChI is InChI=1S/C29H30F3N3O3S/c30-29(31,32)22-3-1-2-21(16-22)19-6-12-35(13-7-19)28(36)24-18-39-27(33-24)20-8-10-34(11-9-20)23-4-5-25-26(17-23)38-15-14-37-25/h1-5,16-20H,6-15H2. The molecule has 0 atom stereocenters. The first-order chi connectivity index (χ1) is 18.8. The number of piperidine rings is 2. The third-order valence-corrected chi connectivity index (χ3v) is 8.95. The molecule has 0 unspecified atom stereocenters. The molecule has 3 aliphatic heterocycles. The molecule has 2 saturated heterocycles. The highest BCUT2D eigenvalue weighted by Gasteiger charge is 2.32. The summed E-state index contributed by atoms with van der Waals surface area (Å²) in [7, 11) is 0. The molecule has 0 N–H and O–H groups in total. The van der Waals surface area contributed by atoms with E-state index in [1.807, 2.05) is 17.5 Å². The third-order valence-electron chi connectivity index (χ3n) is 7.94. The quantitative estimate of drug-likeness (QED) is 0.375. The topological polar surface area (TPSA) is 54.9 Å². The van der Waals surface area contributed by atoms with Crippen LogP contribution in [-0.2, 0) is 6.18 Å². The van der Waals surface area contributed by atoms with Crippen LogP contribution in [0, 0.1) is 0 Å². The molecular weight excluding hydrogens is 527 g/mol. The molecule has 39 heavy (non-hydrogen) atoms. The molecule has 2 fully saturated rings. The molecule has 4 heterocycles. The first-order valence-corrected chi connectivity index (χ1v) is 14.3. The molecule has 0 bridgehead atoms. The molecular formula is C29H30F3N3O3S. The zero-order valence-corrected chi connectivity index (χ0v) is 22.3. The van der Waals surface area contributed by atoms with Gasteiger partial charge in [0.1, 0.15) is 18.9 Å². The Labute approximate surface area is 229 Å². The van der Waals surface area contributed by atoms with Gasteiger partial charge in [-0.25, -0.2) is 4.98 Å². The number of anilines is 1. The molecule has 0 saturated carbocycles. The van der Waals surface area contributed by atoms with Crippen LogP contribution in [0.1, 0.15) is 64.1 Å². The fourth-order valence-corrected chi connectivity index (χ4v) is 6.70. The molecule has 3 aromatic rings. The first kappa shape index (κ1) is 26.0. The van der Waals surface area contributed by atoms with E-state index >= 15 is 0 Å². The van der Waals surface area contributed by atoms with Gasteiger partial charge in [-0.05, 0) is 55.4 Å². The molecule has 1 aromatic heterocycles. The van der Waals surface area contributed by atoms with Gasteiger partial charge >= 0.3 is 6.18 Å². The van der Waals surface area contributed by atoms with Gasteiger partial charge in [0.25, 0.3) is 5.91 Å². The fraction of sp³-hybridized carbons (Fsp3) is 0.448. The number of halogens is 3. The van der Waals surface area contributed by atoms with Gasteiger partial charge in [0.15, 0.2) is 11.5 Å². The minimum atomic E-state index is -4.35. The maximum atomic E-state index is 13.2. The number of carbonyl (C=O) groups excluding carboxylic acids is 1. The van der Waals surface area contributed by atoms with E-state index in [1.165, 1.54) is 12.1 Å². The lowest BCUT2D eigenvalue weighted by Gasteiger charge is -2.33. The van der Waals surface area contributed by atoms with Crippen LogP contribution < -0.4 is 14.4 Å². The number of hydrogen-bond donors (Lipinski definition) is 0. The maximum Gasteiger partial charge on any atom is 0.416 e. The number of aromatic nitrogens is 1. The smallest absolute Gasteiger partial charge is 0.416 e. The zero-order valence-electron chi connectivity index (χ0n) is 21.5. The van der Waals surface area contributed by atoms with Gasteiger partial charge in [-0.3, -0.25) is 4.79 Å². The number of amides is 1. The highest BCUT2D eigenvalue weighted by Crippen LogP contribution is 2.38. The summed E-state index contributed by atoms with van der Waals surface area (Å²) in [5, 5.41) is 2.85. The number of fused-ring (bicyclic) bond motifs is 1. The van der Waals surface area contributed by atoms with Crippen LogP contribution in [0.2, 0.25) is 0 Å². The summed E-state index contributed by atoms with van der Waals surface area (Å²) in [4.78, 5) is 22.0. The Kier molecular flexibility index (Phi) is 7.14. The van der Waals surface area contributed by atoms with Gasteiger partial charge in [-0.2, -0.15) is 13.2 Å². The summed E-state index contributed by atoms with van der Waals surface area (Å²) < 4.78 is 50.7. The SMILES string of the molecule is O=C(c1csc(C2CCN(c3ccc4c(c3)OCCO4)CC2)n1)N1CCC(c2cccc(C(F)(F)F)c2)CC1. The van der Waals surface area contributed by atoms with E-state index in [-0.39, 0.29) is 11.8 Å². The van der Waals surface area contributed by atoms with Gasteiger partial charge in [0.2, 0.25) is 0 Å². The molecule has 206 valence electrons. The number of thiazole rings is 1. The Morgan fingerprint density at radius 3 is 2.36 bits per heavy atom. The second-order valence-electron chi connectivity index (χ2n) is 10.3. The third kappa shape index (κ3) is 5.57. The van der Waals surface area contributed by atoms with Crippen molar-refractivity contribution in [2.45, 2.75) is 43.7 Å². The van der Waals surface area contributed by atoms with E-state index in [4.69, 9.17) is 14.5 Å². The van der Waals surface area contributed by atoms with Crippen molar-refractivity contribution in [1.29, 1.82) is 0 Å². The lowest BCUT2D eigenvalue weighted by Crippen LogP contribution is -2.38. The second-order valence-corrected chi connectivity index (χ2v) is 11.2. The summed E-state index contributed by atoms with van der Waals surface area (Å²) in [6, 6.07) is 11.7. The summed E-state index contributed by atoms with van der Waals surface area (Å²) in [5.41, 5.74) is 1.67. The Hall–Kier alpha value is -3.27. The van der Waals surface area contributed by atoms with Gasteiger partial charge in [0, 0.05) is 49.2 Å². The highest BCUT2D eigenvalue weighted by atomic mass is 32.1. The lowest BCUT2D eigenvalue weighted by atomic mass is 9.88. The van der Waals surface area contributed by atoms with E-state index in [0.29, 0.717) is 56.3 Å². The van der Waals surface area contributed by atoms with Crippen LogP contribution in [0.4, 0.5) is 18.9 Å². The average Bonchev–Trinajstić information content (AvgIpc) is 3.47. The number of benzene rings is 2. The lowest BCUT2D eigenvalue weighted by molar-refractivity contribution is -0.137. The number of carbonyl (C=O) groups is 1. The van der Waals surface area contributed by atoms with Crippen molar-refractivity contribution in [1.82, 2.24) is 9.88 Å². The van der Waals surface area contributed by atoms with Crippen LogP contribution >= 0.6 is 11.3 Å². The molecule has 10 heteroatoms. The predicted octanol–water partition coefficient (Wildman–Crippen LogP) is 6.34. The Morgan fingerprint density at radius 1 is 0.897 bits per heavy atom. The largest absolute Gasteiger partial charge is 0.486 e. The number of nitrogens with zero attached hydrogens (tertiary/aromatic N) is 3. The van der Waals surface area contributed by atoms with Crippen molar-refractivity contribution in [2.75, 3.05) is 44.3 Å². The summed E-state index contributed by atoms with van der Waals surface area (Å²) in [6.07, 6.45) is -1.16. The molecule has 0 radical (unpaired) electrons. The molecule has 0 spiro atoms. The van der Waals surface area contributed by atoms with Crippen molar-refractivity contribution in [3.8, 4) is 11.5 Å². The Bertz CT molecular complexity index is 1330. The Balaban J connectivity index is 1.03. The van der Waals surface area contributed by atoms with Crippen LogP contribution in [0.5, 0.6) is 11.5 Å². The van der Waals surface area contributed by atoms with E-state index in [0.717, 1.165) is 54.2 Å². The van der Waals surface area contributed by atoms with Gasteiger partial charge in [-0.15, -0.1) is 11.3 Å². The molecule has 2 aromatic carbocycles. The van der Waals surface area contributed by atoms with E-state index in [1.54, 1.807) is 22.3 Å². The number of hydrogen-bond acceptors (Lipinski definition) is 6. The summed E-state index contributed by atoms with van der Waals surface area (Å²) in [6.45, 7) is 3.97. The number of likely N-dealkylation sites (tertiary alicyclic amines) is 1.